The Morgan fingerprint density at radius 2 is 0.390 bits per heavy atom. The van der Waals surface area contributed by atoms with Crippen LogP contribution in [-0.4, -0.2) is 32.0 Å². The smallest absolute Gasteiger partial charge is 0.0533 e. The van der Waals surface area contributed by atoms with E-state index in [1.807, 2.05) is 0 Å². The van der Waals surface area contributed by atoms with Gasteiger partial charge in [0.15, 0.2) is 0 Å². The molecule has 6 atom stereocenters. The standard InChI is InChI=1S/6C21H17N.C13H11N/c1-13-14-7-3-4-8-15(14)18-11-19-16-9-5-6-10-20(16)22(2)21(19)12-17(13)18;1-13-14-7-3-4-8-15(14)18-12-21-19(11-17(13)18)16-9-5-6-10-20(16)22(21)2;1-13-14-7-3-4-8-16(14)20-15(13)11-12-19-21(20)17-9-5-6-10-18(17)22(19)2;1-13-14-7-3-4-8-15(14)16-11-12-19-21(20(13)16)17-9-5-6-10-18(17)22(19)2;2*1-13-14-7-3-4-8-15(14)17-11-12-18-16-9-5-6-10-19(16)22(2)21(18)20(13)17;1-14-12-8-4-2-6-10(12)11-7-3-5-9-13(11)14/h6*3-13H,1-2H3;2-9H,1H3. The summed E-state index contributed by atoms with van der Waals surface area (Å²) in [6, 6.07) is 150. The van der Waals surface area contributed by atoms with Gasteiger partial charge in [-0.3, -0.25) is 0 Å². The second-order valence-corrected chi connectivity index (χ2v) is 41.5. The normalized spacial score (nSPS) is 15.7. The van der Waals surface area contributed by atoms with Crippen LogP contribution in [0.25, 0.3) is 219 Å². The Kier molecular flexibility index (Phi) is 20.6. The average molecular weight is 1880 g/mol. The second kappa shape index (κ2) is 34.1. The van der Waals surface area contributed by atoms with Crippen molar-refractivity contribution in [1.82, 2.24) is 32.0 Å². The molecule has 146 heavy (non-hydrogen) atoms. The Morgan fingerprint density at radius 3 is 0.815 bits per heavy atom. The van der Waals surface area contributed by atoms with Crippen LogP contribution in [0.5, 0.6) is 0 Å². The fourth-order valence-electron chi connectivity index (χ4n) is 27.2. The van der Waals surface area contributed by atoms with Crippen molar-refractivity contribution in [2.24, 2.45) is 49.3 Å². The van der Waals surface area contributed by atoms with Crippen molar-refractivity contribution in [3.05, 3.63) is 479 Å². The van der Waals surface area contributed by atoms with E-state index in [1.165, 1.54) is 286 Å². The number of rotatable bonds is 0. The quantitative estimate of drug-likeness (QED) is 0.145. The zero-order valence-corrected chi connectivity index (χ0v) is 84.9. The van der Waals surface area contributed by atoms with Crippen molar-refractivity contribution in [2.75, 3.05) is 0 Å². The van der Waals surface area contributed by atoms with E-state index in [4.69, 9.17) is 0 Å². The van der Waals surface area contributed by atoms with Gasteiger partial charge in [0.25, 0.3) is 0 Å². The van der Waals surface area contributed by atoms with Crippen molar-refractivity contribution >= 4 is 153 Å². The fourth-order valence-corrected chi connectivity index (χ4v) is 27.2. The van der Waals surface area contributed by atoms with E-state index in [2.05, 4.69) is 535 Å². The zero-order chi connectivity index (χ0) is 98.6. The first kappa shape index (κ1) is 88.0. The lowest BCUT2D eigenvalue weighted by molar-refractivity contribution is 0.936. The van der Waals surface area contributed by atoms with Gasteiger partial charge in [0.1, 0.15) is 0 Å². The predicted octanol–water partition coefficient (Wildman–Crippen LogP) is 36.1. The van der Waals surface area contributed by atoms with Crippen molar-refractivity contribution in [3.63, 3.8) is 0 Å². The summed E-state index contributed by atoms with van der Waals surface area (Å²) in [4.78, 5) is 0. The van der Waals surface area contributed by atoms with Crippen LogP contribution in [0.3, 0.4) is 0 Å². The minimum Gasteiger partial charge on any atom is -0.344 e. The maximum Gasteiger partial charge on any atom is 0.0533 e. The van der Waals surface area contributed by atoms with Gasteiger partial charge in [0.05, 0.1) is 11.0 Å². The lowest BCUT2D eigenvalue weighted by Gasteiger charge is -2.10. The second-order valence-electron chi connectivity index (χ2n) is 41.5. The lowest BCUT2D eigenvalue weighted by Crippen LogP contribution is -1.95. The van der Waals surface area contributed by atoms with Gasteiger partial charge < -0.3 is 32.0 Å². The Hall–Kier alpha value is -17.0. The number of benzene rings is 20. The number of fused-ring (bicyclic) bond motifs is 43. The summed E-state index contributed by atoms with van der Waals surface area (Å²) < 4.78 is 16.2. The SMILES string of the molecule is CC1c2ccccc2-c2c1ccc1c2c2ccccc2n1C.CC1c2ccccc2-c2cc3c(cc21)c1ccccc1n3C.CC1c2ccccc2-c2cc3c4ccccc4n(C)c3cc21.CC1c2ccccc2-c2ccc3c(c21)c1ccccc1n3C.CC1c2ccccc2-c2ccc3c4ccccc4n(C)c3c21.CC1c2ccccc2-c2ccc3c4ccccc4n(C)c3c21.Cn1c2ccccc2c2ccccc21. The fraction of sp³-hybridized carbons (Fsp3) is 0.137. The molecule has 7 nitrogen and oxygen atoms in total. The lowest BCUT2D eigenvalue weighted by atomic mass is 9.95. The maximum atomic E-state index is 2.41. The minimum absolute atomic E-state index is 0.456. The Labute approximate surface area is 851 Å². The summed E-state index contributed by atoms with van der Waals surface area (Å²) in [6.07, 6.45) is 0. The van der Waals surface area contributed by atoms with E-state index in [1.54, 1.807) is 0 Å². The van der Waals surface area contributed by atoms with Crippen molar-refractivity contribution < 1.29 is 0 Å². The van der Waals surface area contributed by atoms with Gasteiger partial charge in [-0.25, -0.2) is 0 Å². The maximum absolute atomic E-state index is 2.41. The third-order valence-corrected chi connectivity index (χ3v) is 34.4. The predicted molar refractivity (Wildman–Crippen MR) is 621 cm³/mol. The van der Waals surface area contributed by atoms with Crippen LogP contribution in [0.2, 0.25) is 0 Å². The van der Waals surface area contributed by atoms with Gasteiger partial charge in [-0.15, -0.1) is 0 Å². The molecule has 6 aliphatic carbocycles. The van der Waals surface area contributed by atoms with E-state index < -0.39 is 0 Å². The van der Waals surface area contributed by atoms with Gasteiger partial charge in [-0.2, -0.15) is 0 Å². The number of para-hydroxylation sites is 8. The van der Waals surface area contributed by atoms with Crippen LogP contribution < -0.4 is 0 Å². The van der Waals surface area contributed by atoms with Gasteiger partial charge in [0.2, 0.25) is 0 Å². The van der Waals surface area contributed by atoms with Gasteiger partial charge in [-0.1, -0.05) is 369 Å². The zero-order valence-electron chi connectivity index (χ0n) is 84.9. The van der Waals surface area contributed by atoms with Crippen LogP contribution >= 0.6 is 0 Å². The molecule has 6 aliphatic rings. The number of nitrogens with zero attached hydrogens (tertiary/aromatic N) is 7. The van der Waals surface area contributed by atoms with Crippen LogP contribution in [0.15, 0.2) is 413 Å². The van der Waals surface area contributed by atoms with Gasteiger partial charge in [-0.05, 0) is 218 Å². The Morgan fingerprint density at radius 1 is 0.137 bits per heavy atom. The molecular weight excluding hydrogens is 1770 g/mol. The first-order chi connectivity index (χ1) is 71.5. The molecule has 0 saturated heterocycles. The summed E-state index contributed by atoms with van der Waals surface area (Å²) >= 11 is 0. The highest BCUT2D eigenvalue weighted by molar-refractivity contribution is 6.20. The molecule has 6 unspecified atom stereocenters. The Bertz CT molecular complexity index is 9850. The van der Waals surface area contributed by atoms with E-state index in [9.17, 15) is 0 Å². The van der Waals surface area contributed by atoms with Crippen LogP contribution in [0.4, 0.5) is 0 Å². The first-order valence-corrected chi connectivity index (χ1v) is 52.0. The minimum atomic E-state index is 0.456. The van der Waals surface area contributed by atoms with Crippen LogP contribution in [-0.2, 0) is 49.3 Å². The molecule has 0 radical (unpaired) electrons. The molecule has 20 aromatic carbocycles. The molecule has 0 amide bonds. The number of aryl methyl sites for hydroxylation is 7. The molecule has 0 aliphatic heterocycles. The first-order valence-electron chi connectivity index (χ1n) is 52.0. The molecule has 33 rings (SSSR count). The molecule has 0 fully saturated rings. The number of hydrogen-bond acceptors (Lipinski definition) is 0. The highest BCUT2D eigenvalue weighted by atomic mass is 15.0. The molecule has 0 spiro atoms. The van der Waals surface area contributed by atoms with E-state index in [0.29, 0.717) is 35.5 Å². The summed E-state index contributed by atoms with van der Waals surface area (Å²) in [5, 5.41) is 19.1. The van der Waals surface area contributed by atoms with Crippen LogP contribution in [0.1, 0.15) is 144 Å². The molecule has 27 aromatic rings. The van der Waals surface area contributed by atoms with E-state index >= 15 is 0 Å². The summed E-state index contributed by atoms with van der Waals surface area (Å²) in [5.41, 5.74) is 53.0. The summed E-state index contributed by atoms with van der Waals surface area (Å²) in [6.45, 7) is 14.0. The molecule has 7 heteroatoms. The third-order valence-electron chi connectivity index (χ3n) is 34.4. The monoisotopic (exact) mass is 1880 g/mol. The third kappa shape index (κ3) is 13.1. The van der Waals surface area contributed by atoms with Gasteiger partial charge in [0, 0.05) is 226 Å². The van der Waals surface area contributed by atoms with E-state index in [0.717, 1.165) is 0 Å². The Balaban J connectivity index is 0.0000000847. The molecule has 0 bridgehead atoms. The highest BCUT2D eigenvalue weighted by Gasteiger charge is 2.36. The van der Waals surface area contributed by atoms with Crippen LogP contribution in [0, 0.1) is 0 Å². The topological polar surface area (TPSA) is 34.5 Å². The molecule has 7 aromatic heterocycles. The van der Waals surface area contributed by atoms with Gasteiger partial charge >= 0.3 is 0 Å². The summed E-state index contributed by atoms with van der Waals surface area (Å²) in [7, 11) is 15.2. The molecular formula is C139H113N7. The molecule has 704 valence electrons. The summed E-state index contributed by atoms with van der Waals surface area (Å²) in [5.74, 6) is 2.81. The number of hydrogen-bond donors (Lipinski definition) is 0. The van der Waals surface area contributed by atoms with Crippen molar-refractivity contribution in [3.8, 4) is 66.8 Å². The molecule has 7 heterocycles. The van der Waals surface area contributed by atoms with E-state index in [-0.39, 0.29) is 0 Å². The average Bonchev–Trinajstić information content (AvgIpc) is 1.58. The number of aromatic nitrogens is 7. The molecule has 0 N–H and O–H groups in total. The largest absolute Gasteiger partial charge is 0.344 e. The van der Waals surface area contributed by atoms with Crippen molar-refractivity contribution in [1.29, 1.82) is 0 Å². The van der Waals surface area contributed by atoms with Crippen molar-refractivity contribution in [2.45, 2.75) is 77.0 Å². The highest BCUT2D eigenvalue weighted by Crippen LogP contribution is 2.57. The molecule has 0 saturated carbocycles.